The minimum Gasteiger partial charge on any atom is -0.462 e. The van der Waals surface area contributed by atoms with E-state index in [4.69, 9.17) is 4.74 Å². The van der Waals surface area contributed by atoms with Gasteiger partial charge in [0.05, 0.1) is 28.7 Å². The number of thioether (sulfide) groups is 1. The molecule has 0 fully saturated rings. The second kappa shape index (κ2) is 9.31. The van der Waals surface area contributed by atoms with E-state index in [1.54, 1.807) is 13.0 Å². The zero-order chi connectivity index (χ0) is 22.8. The molecule has 6 nitrogen and oxygen atoms in total. The van der Waals surface area contributed by atoms with Crippen molar-refractivity contribution in [2.45, 2.75) is 43.0 Å². The number of hydrogen-bond donors (Lipinski definition) is 2. The number of carbonyl (C=O) groups excluding carboxylic acids is 3. The average molecular weight is 473 g/mol. The number of alkyl halides is 3. The monoisotopic (exact) mass is 472 g/mol. The number of halogens is 3. The molecule has 11 heteroatoms. The number of carbonyl (C=O) groups is 3. The van der Waals surface area contributed by atoms with Crippen LogP contribution in [0.4, 0.5) is 23.9 Å². The van der Waals surface area contributed by atoms with Crippen LogP contribution in [0.3, 0.4) is 0 Å². The normalized spacial score (nSPS) is 15.8. The Morgan fingerprint density at radius 1 is 1.23 bits per heavy atom. The number of aryl methyl sites for hydroxylation is 1. The van der Waals surface area contributed by atoms with E-state index in [0.717, 1.165) is 28.8 Å². The molecule has 2 amide bonds. The summed E-state index contributed by atoms with van der Waals surface area (Å²) in [6.45, 7) is 3.78. The van der Waals surface area contributed by atoms with Crippen molar-refractivity contribution in [2.75, 3.05) is 17.2 Å². The first-order chi connectivity index (χ1) is 14.6. The van der Waals surface area contributed by atoms with Gasteiger partial charge in [0.2, 0.25) is 11.8 Å². The Morgan fingerprint density at radius 3 is 2.61 bits per heavy atom. The molecule has 0 saturated carbocycles. The van der Waals surface area contributed by atoms with Gasteiger partial charge in [-0.25, -0.2) is 4.79 Å². The number of amides is 2. The third-order valence-corrected chi connectivity index (χ3v) is 6.85. The molecule has 1 aromatic heterocycles. The van der Waals surface area contributed by atoms with Gasteiger partial charge in [0.1, 0.15) is 5.00 Å². The van der Waals surface area contributed by atoms with E-state index in [9.17, 15) is 27.6 Å². The topological polar surface area (TPSA) is 84.5 Å². The van der Waals surface area contributed by atoms with Gasteiger partial charge in [0.15, 0.2) is 0 Å². The molecule has 0 saturated heterocycles. The number of esters is 1. The number of rotatable bonds is 6. The van der Waals surface area contributed by atoms with Crippen LogP contribution < -0.4 is 10.6 Å². The fourth-order valence-electron chi connectivity index (χ4n) is 2.88. The van der Waals surface area contributed by atoms with E-state index < -0.39 is 34.8 Å². The van der Waals surface area contributed by atoms with Gasteiger partial charge in [0, 0.05) is 16.2 Å². The number of benzene rings is 1. The molecule has 1 aromatic carbocycles. The molecule has 1 atom stereocenters. The molecule has 0 unspecified atom stereocenters. The van der Waals surface area contributed by atoms with Crippen molar-refractivity contribution in [1.29, 1.82) is 0 Å². The summed E-state index contributed by atoms with van der Waals surface area (Å²) < 4.78 is 43.6. The van der Waals surface area contributed by atoms with Crippen LogP contribution in [-0.2, 0) is 26.9 Å². The molecule has 1 aliphatic rings. The van der Waals surface area contributed by atoms with Gasteiger partial charge < -0.3 is 15.4 Å². The van der Waals surface area contributed by atoms with Gasteiger partial charge in [-0.1, -0.05) is 6.92 Å². The quantitative estimate of drug-likeness (QED) is 0.582. The summed E-state index contributed by atoms with van der Waals surface area (Å²) in [6, 6.07) is 4.75. The second-order valence-electron chi connectivity index (χ2n) is 6.59. The molecule has 2 aromatic rings. The van der Waals surface area contributed by atoms with Crippen LogP contribution in [0.15, 0.2) is 29.2 Å². The zero-order valence-corrected chi connectivity index (χ0v) is 18.2. The number of ether oxygens (including phenoxy) is 1. The summed E-state index contributed by atoms with van der Waals surface area (Å²) in [5, 5.41) is 4.63. The lowest BCUT2D eigenvalue weighted by molar-refractivity contribution is -0.137. The van der Waals surface area contributed by atoms with Gasteiger partial charge in [-0.05, 0) is 37.6 Å². The van der Waals surface area contributed by atoms with Crippen molar-refractivity contribution in [2.24, 2.45) is 0 Å². The number of anilines is 2. The number of hydrogen-bond acceptors (Lipinski definition) is 6. The van der Waals surface area contributed by atoms with Crippen LogP contribution >= 0.6 is 23.1 Å². The van der Waals surface area contributed by atoms with Crippen LogP contribution in [0.1, 0.15) is 41.1 Å². The Kier molecular flexibility index (Phi) is 6.95. The van der Waals surface area contributed by atoms with Crippen molar-refractivity contribution in [3.8, 4) is 0 Å². The second-order valence-corrected chi connectivity index (χ2v) is 8.97. The van der Waals surface area contributed by atoms with E-state index in [-0.39, 0.29) is 24.3 Å². The molecule has 2 N–H and O–H groups in total. The van der Waals surface area contributed by atoms with Crippen molar-refractivity contribution in [3.05, 3.63) is 40.3 Å². The van der Waals surface area contributed by atoms with Crippen molar-refractivity contribution in [3.63, 3.8) is 0 Å². The Labute approximate surface area is 184 Å². The predicted molar refractivity (Wildman–Crippen MR) is 113 cm³/mol. The van der Waals surface area contributed by atoms with E-state index in [1.807, 2.05) is 6.92 Å². The summed E-state index contributed by atoms with van der Waals surface area (Å²) in [6.07, 6.45) is -4.06. The lowest BCUT2D eigenvalue weighted by atomic mass is 10.1. The van der Waals surface area contributed by atoms with E-state index in [1.165, 1.54) is 17.4 Å². The molecule has 0 spiro atoms. The highest BCUT2D eigenvalue weighted by molar-refractivity contribution is 8.01. The number of nitrogens with one attached hydrogen (secondary N) is 2. The molecule has 2 heterocycles. The lowest BCUT2D eigenvalue weighted by Crippen LogP contribution is -2.32. The maximum absolute atomic E-state index is 12.9. The average Bonchev–Trinajstić information content (AvgIpc) is 3.10. The SMILES string of the molecule is CCOC(=O)c1cc(CC)sc1NC(=O)C[C@@H]1Sc2ccc(C(F)(F)F)cc2NC1=O. The third-order valence-electron chi connectivity index (χ3n) is 4.38. The predicted octanol–water partition coefficient (Wildman–Crippen LogP) is 4.95. The molecule has 1 aliphatic heterocycles. The number of thiophene rings is 1. The fourth-order valence-corrected chi connectivity index (χ4v) is 4.97. The third kappa shape index (κ3) is 5.40. The standard InChI is InChI=1S/C20H19F3N2O4S2/c1-3-11-8-12(19(28)29-4-2)18(30-11)25-16(26)9-15-17(27)24-13-7-10(20(21,22)23)5-6-14(13)31-15/h5-8,15H,3-4,9H2,1-2H3,(H,24,27)(H,25,26)/t15-/m0/s1. The zero-order valence-electron chi connectivity index (χ0n) is 16.6. The van der Waals surface area contributed by atoms with Gasteiger partial charge in [-0.3, -0.25) is 9.59 Å². The molecular weight excluding hydrogens is 453 g/mol. The van der Waals surface area contributed by atoms with Crippen LogP contribution in [0.25, 0.3) is 0 Å². The molecule has 166 valence electrons. The minimum atomic E-state index is -4.52. The smallest absolute Gasteiger partial charge is 0.416 e. The first kappa shape index (κ1) is 23.1. The molecule has 3 rings (SSSR count). The molecular formula is C20H19F3N2O4S2. The van der Waals surface area contributed by atoms with Crippen LogP contribution in [0.2, 0.25) is 0 Å². The number of fused-ring (bicyclic) bond motifs is 1. The summed E-state index contributed by atoms with van der Waals surface area (Å²) in [4.78, 5) is 38.4. The molecule has 0 aliphatic carbocycles. The molecule has 31 heavy (non-hydrogen) atoms. The maximum atomic E-state index is 12.9. The minimum absolute atomic E-state index is 0.0666. The van der Waals surface area contributed by atoms with Crippen molar-refractivity contribution >= 4 is 51.6 Å². The summed E-state index contributed by atoms with van der Waals surface area (Å²) >= 11 is 2.27. The fraction of sp³-hybridized carbons (Fsp3) is 0.350. The van der Waals surface area contributed by atoms with Crippen LogP contribution in [-0.4, -0.2) is 29.6 Å². The highest BCUT2D eigenvalue weighted by atomic mass is 32.2. The van der Waals surface area contributed by atoms with E-state index in [2.05, 4.69) is 10.6 Å². The van der Waals surface area contributed by atoms with Gasteiger partial charge in [0.25, 0.3) is 0 Å². The van der Waals surface area contributed by atoms with E-state index in [0.29, 0.717) is 16.3 Å². The van der Waals surface area contributed by atoms with Crippen molar-refractivity contribution < 1.29 is 32.3 Å². The largest absolute Gasteiger partial charge is 0.462 e. The summed E-state index contributed by atoms with van der Waals surface area (Å²) in [5.41, 5.74) is -0.543. The summed E-state index contributed by atoms with van der Waals surface area (Å²) in [5.74, 6) is -1.59. The highest BCUT2D eigenvalue weighted by Crippen LogP contribution is 2.41. The first-order valence-electron chi connectivity index (χ1n) is 9.40. The summed E-state index contributed by atoms with van der Waals surface area (Å²) in [7, 11) is 0. The first-order valence-corrected chi connectivity index (χ1v) is 11.1. The van der Waals surface area contributed by atoms with Gasteiger partial charge in [-0.15, -0.1) is 23.1 Å². The Hall–Kier alpha value is -2.53. The Morgan fingerprint density at radius 2 is 1.97 bits per heavy atom. The Balaban J connectivity index is 1.71. The van der Waals surface area contributed by atoms with Crippen LogP contribution in [0.5, 0.6) is 0 Å². The lowest BCUT2D eigenvalue weighted by Gasteiger charge is -2.24. The highest BCUT2D eigenvalue weighted by Gasteiger charge is 2.34. The molecule has 0 radical (unpaired) electrons. The van der Waals surface area contributed by atoms with Crippen LogP contribution in [0, 0.1) is 0 Å². The Bertz CT molecular complexity index is 1020. The van der Waals surface area contributed by atoms with E-state index >= 15 is 0 Å². The maximum Gasteiger partial charge on any atom is 0.416 e. The van der Waals surface area contributed by atoms with Gasteiger partial charge >= 0.3 is 12.1 Å². The van der Waals surface area contributed by atoms with Gasteiger partial charge in [-0.2, -0.15) is 13.2 Å². The molecule has 0 bridgehead atoms. The van der Waals surface area contributed by atoms with Crippen molar-refractivity contribution in [1.82, 2.24) is 0 Å².